The third-order valence-corrected chi connectivity index (χ3v) is 3.67. The van der Waals surface area contributed by atoms with Crippen molar-refractivity contribution in [3.05, 3.63) is 63.1 Å². The van der Waals surface area contributed by atoms with Gasteiger partial charge in [0, 0.05) is 4.47 Å². The van der Waals surface area contributed by atoms with Gasteiger partial charge in [0.1, 0.15) is 0 Å². The molecule has 0 aromatic heterocycles. The number of rotatable bonds is 2. The Labute approximate surface area is 132 Å². The number of carbonyl (C=O) groups excluding carboxylic acids is 1. The Kier molecular flexibility index (Phi) is 4.58. The highest BCUT2D eigenvalue weighted by atomic mass is 79.9. The van der Waals surface area contributed by atoms with Crippen LogP contribution in [0, 0.1) is 0 Å². The number of amides is 1. The fourth-order valence-electron chi connectivity index (χ4n) is 1.63. The molecule has 0 aliphatic rings. The van der Waals surface area contributed by atoms with Gasteiger partial charge in [0.25, 0.3) is 5.91 Å². The van der Waals surface area contributed by atoms with Gasteiger partial charge in [-0.2, -0.15) is 13.2 Å². The lowest BCUT2D eigenvalue weighted by Crippen LogP contribution is -2.13. The highest BCUT2D eigenvalue weighted by Crippen LogP contribution is 2.34. The van der Waals surface area contributed by atoms with Crippen LogP contribution in [-0.4, -0.2) is 5.91 Å². The van der Waals surface area contributed by atoms with Crippen molar-refractivity contribution in [2.24, 2.45) is 0 Å². The van der Waals surface area contributed by atoms with Crippen LogP contribution in [0.3, 0.4) is 0 Å². The molecule has 0 unspecified atom stereocenters. The summed E-state index contributed by atoms with van der Waals surface area (Å²) in [6, 6.07) is 9.44. The molecule has 0 saturated heterocycles. The van der Waals surface area contributed by atoms with Crippen molar-refractivity contribution in [1.29, 1.82) is 0 Å². The first-order valence-corrected chi connectivity index (χ1v) is 6.89. The van der Waals surface area contributed by atoms with Gasteiger partial charge in [-0.15, -0.1) is 0 Å². The lowest BCUT2D eigenvalue weighted by molar-refractivity contribution is -0.137. The third kappa shape index (κ3) is 3.77. The summed E-state index contributed by atoms with van der Waals surface area (Å²) in [4.78, 5) is 12.0. The van der Waals surface area contributed by atoms with Gasteiger partial charge in [-0.05, 0) is 46.3 Å². The van der Waals surface area contributed by atoms with E-state index >= 15 is 0 Å². The van der Waals surface area contributed by atoms with Crippen molar-refractivity contribution < 1.29 is 18.0 Å². The minimum absolute atomic E-state index is 0.116. The van der Waals surface area contributed by atoms with Crippen molar-refractivity contribution in [2.45, 2.75) is 6.18 Å². The van der Waals surface area contributed by atoms with E-state index in [9.17, 15) is 18.0 Å². The highest BCUT2D eigenvalue weighted by molar-refractivity contribution is 9.10. The third-order valence-electron chi connectivity index (χ3n) is 2.66. The van der Waals surface area contributed by atoms with Crippen LogP contribution in [0.5, 0.6) is 0 Å². The molecule has 0 radical (unpaired) electrons. The van der Waals surface area contributed by atoms with Crippen LogP contribution < -0.4 is 5.32 Å². The van der Waals surface area contributed by atoms with Gasteiger partial charge in [-0.25, -0.2) is 0 Å². The van der Waals surface area contributed by atoms with Crippen LogP contribution in [0.2, 0.25) is 5.02 Å². The smallest absolute Gasteiger partial charge is 0.321 e. The van der Waals surface area contributed by atoms with Crippen molar-refractivity contribution in [1.82, 2.24) is 0 Å². The molecule has 2 rings (SSSR count). The molecule has 0 bridgehead atoms. The molecule has 0 heterocycles. The van der Waals surface area contributed by atoms with E-state index in [0.717, 1.165) is 18.2 Å². The molecule has 2 aromatic carbocycles. The van der Waals surface area contributed by atoms with Crippen LogP contribution in [-0.2, 0) is 6.18 Å². The number of benzene rings is 2. The summed E-state index contributed by atoms with van der Waals surface area (Å²) in [5.41, 5.74) is -0.398. The summed E-state index contributed by atoms with van der Waals surface area (Å²) in [7, 11) is 0. The lowest BCUT2D eigenvalue weighted by Gasteiger charge is -2.11. The fraction of sp³-hybridized carbons (Fsp3) is 0.0714. The molecule has 1 N–H and O–H groups in total. The second kappa shape index (κ2) is 6.07. The first-order chi connectivity index (χ1) is 9.79. The number of anilines is 1. The molecular formula is C14H8BrClF3NO. The van der Waals surface area contributed by atoms with Gasteiger partial charge in [-0.3, -0.25) is 4.79 Å². The molecule has 110 valence electrons. The van der Waals surface area contributed by atoms with E-state index in [1.54, 1.807) is 24.3 Å². The van der Waals surface area contributed by atoms with E-state index in [4.69, 9.17) is 11.6 Å². The van der Waals surface area contributed by atoms with Gasteiger partial charge in [0.15, 0.2) is 0 Å². The maximum Gasteiger partial charge on any atom is 0.416 e. The summed E-state index contributed by atoms with van der Waals surface area (Å²) in [5, 5.41) is 2.30. The summed E-state index contributed by atoms with van der Waals surface area (Å²) < 4.78 is 38.2. The zero-order valence-electron chi connectivity index (χ0n) is 10.3. The molecule has 2 aromatic rings. The maximum absolute atomic E-state index is 12.5. The van der Waals surface area contributed by atoms with Crippen molar-refractivity contribution in [3.63, 3.8) is 0 Å². The molecule has 0 aliphatic carbocycles. The van der Waals surface area contributed by atoms with E-state index in [2.05, 4.69) is 21.2 Å². The average molecular weight is 379 g/mol. The number of carbonyl (C=O) groups is 1. The van der Waals surface area contributed by atoms with E-state index in [1.165, 1.54) is 0 Å². The van der Waals surface area contributed by atoms with Crippen LogP contribution in [0.15, 0.2) is 46.9 Å². The first-order valence-electron chi connectivity index (χ1n) is 5.71. The normalized spacial score (nSPS) is 11.3. The predicted octanol–water partition coefficient (Wildman–Crippen LogP) is 5.37. The molecule has 0 aliphatic heterocycles. The summed E-state index contributed by atoms with van der Waals surface area (Å²) >= 11 is 9.00. The summed E-state index contributed by atoms with van der Waals surface area (Å²) in [6.07, 6.45) is -4.48. The Bertz CT molecular complexity index is 688. The van der Waals surface area contributed by atoms with Crippen LogP contribution in [0.1, 0.15) is 15.9 Å². The second-order valence-corrected chi connectivity index (χ2v) is 5.39. The topological polar surface area (TPSA) is 29.1 Å². The van der Waals surface area contributed by atoms with E-state index < -0.39 is 17.6 Å². The Morgan fingerprint density at radius 1 is 1.14 bits per heavy atom. The van der Waals surface area contributed by atoms with Crippen molar-refractivity contribution in [3.8, 4) is 0 Å². The molecular weight excluding hydrogens is 371 g/mol. The number of alkyl halides is 3. The van der Waals surface area contributed by atoms with Gasteiger partial charge < -0.3 is 5.32 Å². The Morgan fingerprint density at radius 2 is 1.81 bits per heavy atom. The average Bonchev–Trinajstić information content (AvgIpc) is 2.40. The maximum atomic E-state index is 12.5. The van der Waals surface area contributed by atoms with Gasteiger partial charge in [0.2, 0.25) is 0 Å². The lowest BCUT2D eigenvalue weighted by atomic mass is 10.1. The monoisotopic (exact) mass is 377 g/mol. The Hall–Kier alpha value is -1.53. The van der Waals surface area contributed by atoms with Gasteiger partial charge in [-0.1, -0.05) is 23.7 Å². The number of nitrogens with one attached hydrogen (secondary N) is 1. The van der Waals surface area contributed by atoms with Gasteiger partial charge in [0.05, 0.1) is 21.8 Å². The molecule has 0 atom stereocenters. The fourth-order valence-corrected chi connectivity index (χ4v) is 2.32. The zero-order chi connectivity index (χ0) is 15.6. The minimum Gasteiger partial charge on any atom is -0.321 e. The van der Waals surface area contributed by atoms with E-state index in [1.807, 2.05) is 0 Å². The minimum atomic E-state index is -4.48. The van der Waals surface area contributed by atoms with Crippen LogP contribution in [0.25, 0.3) is 0 Å². The molecule has 1 amide bonds. The van der Waals surface area contributed by atoms with Crippen LogP contribution >= 0.6 is 27.5 Å². The number of halogens is 5. The predicted molar refractivity (Wildman–Crippen MR) is 78.5 cm³/mol. The Balaban J connectivity index is 2.25. The molecule has 21 heavy (non-hydrogen) atoms. The zero-order valence-corrected chi connectivity index (χ0v) is 12.7. The quantitative estimate of drug-likeness (QED) is 0.747. The second-order valence-electron chi connectivity index (χ2n) is 4.13. The van der Waals surface area contributed by atoms with Crippen molar-refractivity contribution in [2.75, 3.05) is 5.32 Å². The van der Waals surface area contributed by atoms with E-state index in [-0.39, 0.29) is 10.7 Å². The largest absolute Gasteiger partial charge is 0.416 e. The Morgan fingerprint density at radius 3 is 2.38 bits per heavy atom. The molecule has 0 fully saturated rings. The van der Waals surface area contributed by atoms with E-state index in [0.29, 0.717) is 10.0 Å². The summed E-state index contributed by atoms with van der Waals surface area (Å²) in [6.45, 7) is 0. The molecule has 2 nitrogen and oxygen atoms in total. The standard InChI is InChI=1S/C14H8BrClF3NO/c15-10-4-2-1-3-9(10)13(21)20-12-6-5-8(7-11(12)16)14(17,18)19/h1-7H,(H,20,21). The number of hydrogen-bond acceptors (Lipinski definition) is 1. The highest BCUT2D eigenvalue weighted by Gasteiger charge is 2.31. The first kappa shape index (κ1) is 15.9. The molecule has 7 heteroatoms. The molecule has 0 spiro atoms. The van der Waals surface area contributed by atoms with Crippen molar-refractivity contribution >= 4 is 39.1 Å². The SMILES string of the molecule is O=C(Nc1ccc(C(F)(F)F)cc1Cl)c1ccccc1Br. The van der Waals surface area contributed by atoms with Gasteiger partial charge >= 0.3 is 6.18 Å². The number of hydrogen-bond donors (Lipinski definition) is 1. The summed E-state index contributed by atoms with van der Waals surface area (Å²) in [5.74, 6) is -0.468. The van der Waals surface area contributed by atoms with Crippen LogP contribution in [0.4, 0.5) is 18.9 Å². The molecule has 0 saturated carbocycles.